The first-order valence-electron chi connectivity index (χ1n) is 5.67. The molecule has 2 aromatic rings. The zero-order valence-electron chi connectivity index (χ0n) is 10.1. The maximum Gasteiger partial charge on any atom is 0.169 e. The summed E-state index contributed by atoms with van der Waals surface area (Å²) in [6, 6.07) is 12.6. The van der Waals surface area contributed by atoms with Gasteiger partial charge in [-0.05, 0) is 39.2 Å². The van der Waals surface area contributed by atoms with Crippen molar-refractivity contribution in [2.45, 2.75) is 13.2 Å². The van der Waals surface area contributed by atoms with Gasteiger partial charge in [-0.25, -0.2) is 10.3 Å². The van der Waals surface area contributed by atoms with Gasteiger partial charge in [0.2, 0.25) is 0 Å². The Morgan fingerprint density at radius 1 is 1.05 bits per heavy atom. The standard InChI is InChI=1S/C14H13BrFNO2/c15-12-6-11(9-19-17)7-13(16)14(12)18-8-10-4-2-1-3-5-10/h1-7H,8-9,17H2. The molecule has 0 atom stereocenters. The van der Waals surface area contributed by atoms with E-state index in [1.807, 2.05) is 30.3 Å². The minimum atomic E-state index is -0.447. The smallest absolute Gasteiger partial charge is 0.169 e. The van der Waals surface area contributed by atoms with Gasteiger partial charge < -0.3 is 4.74 Å². The molecule has 0 heterocycles. The van der Waals surface area contributed by atoms with Crippen LogP contribution < -0.4 is 10.6 Å². The van der Waals surface area contributed by atoms with Crippen LogP contribution in [0, 0.1) is 5.82 Å². The molecular weight excluding hydrogens is 313 g/mol. The van der Waals surface area contributed by atoms with Crippen molar-refractivity contribution in [2.75, 3.05) is 0 Å². The molecule has 0 spiro atoms. The maximum absolute atomic E-state index is 13.9. The zero-order chi connectivity index (χ0) is 13.7. The van der Waals surface area contributed by atoms with E-state index < -0.39 is 5.82 Å². The van der Waals surface area contributed by atoms with E-state index >= 15 is 0 Å². The first-order valence-corrected chi connectivity index (χ1v) is 6.46. The summed E-state index contributed by atoms with van der Waals surface area (Å²) in [5, 5.41) is 0. The highest BCUT2D eigenvalue weighted by Crippen LogP contribution is 2.30. The summed E-state index contributed by atoms with van der Waals surface area (Å²) in [5.74, 6) is 4.70. The lowest BCUT2D eigenvalue weighted by Crippen LogP contribution is -2.02. The van der Waals surface area contributed by atoms with Gasteiger partial charge in [-0.1, -0.05) is 30.3 Å². The number of hydrogen-bond donors (Lipinski definition) is 1. The third kappa shape index (κ3) is 3.76. The molecule has 0 amide bonds. The van der Waals surface area contributed by atoms with Gasteiger partial charge >= 0.3 is 0 Å². The monoisotopic (exact) mass is 325 g/mol. The van der Waals surface area contributed by atoms with Crippen LogP contribution in [0.25, 0.3) is 0 Å². The molecule has 0 saturated heterocycles. The summed E-state index contributed by atoms with van der Waals surface area (Å²) in [6.07, 6.45) is 0. The quantitative estimate of drug-likeness (QED) is 0.855. The van der Waals surface area contributed by atoms with Crippen LogP contribution in [0.4, 0.5) is 4.39 Å². The van der Waals surface area contributed by atoms with Crippen LogP contribution in [0.2, 0.25) is 0 Å². The molecule has 0 bridgehead atoms. The molecule has 19 heavy (non-hydrogen) atoms. The molecule has 3 nitrogen and oxygen atoms in total. The summed E-state index contributed by atoms with van der Waals surface area (Å²) < 4.78 is 19.9. The van der Waals surface area contributed by atoms with Crippen molar-refractivity contribution in [2.24, 2.45) is 5.90 Å². The van der Waals surface area contributed by atoms with E-state index in [1.54, 1.807) is 6.07 Å². The molecule has 2 N–H and O–H groups in total. The first kappa shape index (κ1) is 14.0. The Morgan fingerprint density at radius 3 is 2.42 bits per heavy atom. The number of ether oxygens (including phenoxy) is 1. The van der Waals surface area contributed by atoms with Gasteiger partial charge in [0, 0.05) is 0 Å². The molecular formula is C14H13BrFNO2. The van der Waals surface area contributed by atoms with E-state index in [4.69, 9.17) is 10.6 Å². The first-order chi connectivity index (χ1) is 9.20. The summed E-state index contributed by atoms with van der Waals surface area (Å²) in [4.78, 5) is 4.48. The SMILES string of the molecule is NOCc1cc(F)c(OCc2ccccc2)c(Br)c1. The molecule has 0 aliphatic heterocycles. The summed E-state index contributed by atoms with van der Waals surface area (Å²) >= 11 is 3.28. The molecule has 2 rings (SSSR count). The molecule has 0 radical (unpaired) electrons. The predicted molar refractivity (Wildman–Crippen MR) is 73.9 cm³/mol. The molecule has 0 saturated carbocycles. The van der Waals surface area contributed by atoms with Crippen molar-refractivity contribution in [1.82, 2.24) is 0 Å². The number of nitrogens with two attached hydrogens (primary N) is 1. The van der Waals surface area contributed by atoms with Crippen molar-refractivity contribution in [3.8, 4) is 5.75 Å². The van der Waals surface area contributed by atoms with Crippen LogP contribution in [-0.4, -0.2) is 0 Å². The molecule has 2 aromatic carbocycles. The molecule has 100 valence electrons. The Bertz CT molecular complexity index is 525. The normalized spacial score (nSPS) is 10.5. The van der Waals surface area contributed by atoms with Crippen molar-refractivity contribution < 1.29 is 14.0 Å². The Kier molecular flexibility index (Phi) is 4.90. The highest BCUT2D eigenvalue weighted by Gasteiger charge is 2.11. The van der Waals surface area contributed by atoms with Gasteiger partial charge in [-0.15, -0.1) is 0 Å². The Balaban J connectivity index is 2.12. The lowest BCUT2D eigenvalue weighted by atomic mass is 10.2. The molecule has 0 unspecified atom stereocenters. The topological polar surface area (TPSA) is 44.5 Å². The van der Waals surface area contributed by atoms with Gasteiger partial charge in [0.1, 0.15) is 6.61 Å². The summed E-state index contributed by atoms with van der Waals surface area (Å²) in [7, 11) is 0. The summed E-state index contributed by atoms with van der Waals surface area (Å²) in [6.45, 7) is 0.456. The van der Waals surface area contributed by atoms with E-state index in [1.165, 1.54) is 6.07 Å². The van der Waals surface area contributed by atoms with Crippen molar-refractivity contribution in [3.63, 3.8) is 0 Å². The second-order valence-corrected chi connectivity index (χ2v) is 4.83. The fraction of sp³-hybridized carbons (Fsp3) is 0.143. The molecule has 0 aliphatic rings. The Morgan fingerprint density at radius 2 is 1.79 bits per heavy atom. The second kappa shape index (κ2) is 6.65. The zero-order valence-corrected chi connectivity index (χ0v) is 11.7. The number of benzene rings is 2. The largest absolute Gasteiger partial charge is 0.485 e. The number of rotatable bonds is 5. The predicted octanol–water partition coefficient (Wildman–Crippen LogP) is 3.56. The second-order valence-electron chi connectivity index (χ2n) is 3.97. The van der Waals surface area contributed by atoms with Crippen LogP contribution in [-0.2, 0) is 18.1 Å². The van der Waals surface area contributed by atoms with E-state index in [0.29, 0.717) is 16.6 Å². The van der Waals surface area contributed by atoms with Gasteiger partial charge in [-0.2, -0.15) is 0 Å². The average molecular weight is 326 g/mol. The van der Waals surface area contributed by atoms with Gasteiger partial charge in [0.25, 0.3) is 0 Å². The minimum absolute atomic E-state index is 0.147. The number of halogens is 2. The maximum atomic E-state index is 13.9. The van der Waals surface area contributed by atoms with Crippen molar-refractivity contribution in [3.05, 3.63) is 63.9 Å². The van der Waals surface area contributed by atoms with Gasteiger partial charge in [0.05, 0.1) is 11.1 Å². The van der Waals surface area contributed by atoms with E-state index in [-0.39, 0.29) is 12.4 Å². The molecule has 0 fully saturated rings. The lowest BCUT2D eigenvalue weighted by molar-refractivity contribution is 0.123. The van der Waals surface area contributed by atoms with Gasteiger partial charge in [-0.3, -0.25) is 4.84 Å². The molecule has 5 heteroatoms. The number of hydrogen-bond acceptors (Lipinski definition) is 3. The van der Waals surface area contributed by atoms with Gasteiger partial charge in [0.15, 0.2) is 11.6 Å². The third-order valence-corrected chi connectivity index (χ3v) is 3.12. The Labute approximate surface area is 119 Å². The van der Waals surface area contributed by atoms with Crippen LogP contribution >= 0.6 is 15.9 Å². The fourth-order valence-electron chi connectivity index (χ4n) is 1.66. The van der Waals surface area contributed by atoms with Crippen LogP contribution in [0.5, 0.6) is 5.75 Å². The van der Waals surface area contributed by atoms with Crippen molar-refractivity contribution >= 4 is 15.9 Å². The molecule has 0 aliphatic carbocycles. The molecule has 0 aromatic heterocycles. The average Bonchev–Trinajstić information content (AvgIpc) is 2.39. The fourth-order valence-corrected chi connectivity index (χ4v) is 2.26. The Hall–Kier alpha value is -1.43. The van der Waals surface area contributed by atoms with Crippen LogP contribution in [0.1, 0.15) is 11.1 Å². The van der Waals surface area contributed by atoms with Crippen molar-refractivity contribution in [1.29, 1.82) is 0 Å². The highest BCUT2D eigenvalue weighted by molar-refractivity contribution is 9.10. The lowest BCUT2D eigenvalue weighted by Gasteiger charge is -2.11. The minimum Gasteiger partial charge on any atom is -0.485 e. The van der Waals surface area contributed by atoms with Crippen LogP contribution in [0.15, 0.2) is 46.9 Å². The van der Waals surface area contributed by atoms with E-state index in [9.17, 15) is 4.39 Å². The third-order valence-electron chi connectivity index (χ3n) is 2.53. The summed E-state index contributed by atoms with van der Waals surface area (Å²) in [5.41, 5.74) is 1.61. The highest BCUT2D eigenvalue weighted by atomic mass is 79.9. The van der Waals surface area contributed by atoms with E-state index in [0.717, 1.165) is 5.56 Å². The van der Waals surface area contributed by atoms with Crippen LogP contribution in [0.3, 0.4) is 0 Å². The van der Waals surface area contributed by atoms with E-state index in [2.05, 4.69) is 20.8 Å².